The van der Waals surface area contributed by atoms with E-state index in [2.05, 4.69) is 44.5 Å². The Bertz CT molecular complexity index is 1440. The first-order valence-electron chi connectivity index (χ1n) is 13.6. The monoisotopic (exact) mass is 689 g/mol. The third-order valence-corrected chi connectivity index (χ3v) is 8.40. The molecule has 3 aromatic carbocycles. The summed E-state index contributed by atoms with van der Waals surface area (Å²) >= 11 is 6.11. The Hall–Kier alpha value is -2.24. The third-order valence-electron chi connectivity index (χ3n) is 7.56. The van der Waals surface area contributed by atoms with E-state index >= 15 is 0 Å². The number of carbonyl (C=O) groups excluding carboxylic acids is 1. The van der Waals surface area contributed by atoms with Crippen molar-refractivity contribution in [1.82, 2.24) is 15.5 Å². The van der Waals surface area contributed by atoms with E-state index in [1.165, 1.54) is 11.1 Å². The van der Waals surface area contributed by atoms with Crippen LogP contribution in [0, 0.1) is 0 Å². The van der Waals surface area contributed by atoms with Crippen LogP contribution in [0.2, 0.25) is 5.02 Å². The van der Waals surface area contributed by atoms with Crippen LogP contribution < -0.4 is 20.3 Å². The van der Waals surface area contributed by atoms with Crippen molar-refractivity contribution in [1.29, 1.82) is 0 Å². The van der Waals surface area contributed by atoms with Gasteiger partial charge in [0.05, 0.1) is 23.7 Å². The molecular formula is C30H39Cl4N5O3S. The number of hydrogen-bond donors (Lipinski definition) is 3. The molecule has 13 heteroatoms. The van der Waals surface area contributed by atoms with Gasteiger partial charge in [-0.05, 0) is 53.8 Å². The zero-order valence-electron chi connectivity index (χ0n) is 23.9. The van der Waals surface area contributed by atoms with Crippen molar-refractivity contribution in [3.8, 4) is 0 Å². The minimum absolute atomic E-state index is 0. The van der Waals surface area contributed by atoms with Crippen LogP contribution in [0.4, 0.5) is 11.4 Å². The van der Waals surface area contributed by atoms with Crippen LogP contribution in [0.25, 0.3) is 0 Å². The molecule has 236 valence electrons. The van der Waals surface area contributed by atoms with Crippen molar-refractivity contribution in [2.75, 3.05) is 48.6 Å². The number of anilines is 2. The molecule has 2 atom stereocenters. The molecule has 2 aliphatic rings. The Kier molecular flexibility index (Phi) is 14.4. The molecule has 2 aliphatic heterocycles. The molecule has 5 rings (SSSR count). The summed E-state index contributed by atoms with van der Waals surface area (Å²) in [5.41, 5.74) is 5.11. The van der Waals surface area contributed by atoms with Gasteiger partial charge < -0.3 is 20.4 Å². The number of benzene rings is 3. The van der Waals surface area contributed by atoms with E-state index in [1.807, 2.05) is 47.4 Å². The Morgan fingerprint density at radius 3 is 2.23 bits per heavy atom. The second-order valence-electron chi connectivity index (χ2n) is 10.5. The molecule has 3 aromatic rings. The summed E-state index contributed by atoms with van der Waals surface area (Å²) in [6.07, 6.45) is 2.64. The van der Waals surface area contributed by atoms with Crippen molar-refractivity contribution in [2.24, 2.45) is 0 Å². The standard InChI is InChI=1S/C30H36ClN5O3S.3ClH/c1-40(38,39)34-27-8-4-5-9-29(27)35-14-16-36(17-15-35)30(37)28(18-22-10-12-25(31)13-11-22)33-21-26-19-23-6-2-3-7-24(23)20-32-26;;;/h2-13,26,28,32-34H,14-21H2,1H3;3*1H/t26-,28-;;;/m1.../s1. The molecular weight excluding hydrogens is 652 g/mol. The largest absolute Gasteiger partial charge is 0.366 e. The number of fused-ring (bicyclic) bond motifs is 1. The Morgan fingerprint density at radius 1 is 0.930 bits per heavy atom. The van der Waals surface area contributed by atoms with Crippen molar-refractivity contribution < 1.29 is 13.2 Å². The first-order chi connectivity index (χ1) is 19.2. The number of hydrogen-bond acceptors (Lipinski definition) is 6. The lowest BCUT2D eigenvalue weighted by atomic mass is 9.95. The van der Waals surface area contributed by atoms with Gasteiger partial charge >= 0.3 is 0 Å². The predicted octanol–water partition coefficient (Wildman–Crippen LogP) is 4.54. The van der Waals surface area contributed by atoms with E-state index in [-0.39, 0.29) is 55.2 Å². The van der Waals surface area contributed by atoms with Gasteiger partial charge in [-0.1, -0.05) is 60.1 Å². The van der Waals surface area contributed by atoms with E-state index in [0.717, 1.165) is 30.5 Å². The molecule has 1 amide bonds. The van der Waals surface area contributed by atoms with Gasteiger partial charge in [0.1, 0.15) is 0 Å². The zero-order chi connectivity index (χ0) is 28.1. The molecule has 0 bridgehead atoms. The van der Waals surface area contributed by atoms with E-state index in [0.29, 0.717) is 49.9 Å². The van der Waals surface area contributed by atoms with Crippen LogP contribution in [-0.2, 0) is 34.2 Å². The topological polar surface area (TPSA) is 93.8 Å². The van der Waals surface area contributed by atoms with Crippen LogP contribution in [0.3, 0.4) is 0 Å². The van der Waals surface area contributed by atoms with Crippen LogP contribution in [0.1, 0.15) is 16.7 Å². The van der Waals surface area contributed by atoms with Crippen LogP contribution in [-0.4, -0.2) is 70.3 Å². The molecule has 1 saturated heterocycles. The normalized spacial score (nSPS) is 16.9. The molecule has 2 heterocycles. The first-order valence-corrected chi connectivity index (χ1v) is 15.9. The third kappa shape index (κ3) is 10.1. The Morgan fingerprint density at radius 2 is 1.56 bits per heavy atom. The molecule has 0 spiro atoms. The highest BCUT2D eigenvalue weighted by Crippen LogP contribution is 2.27. The molecule has 0 unspecified atom stereocenters. The summed E-state index contributed by atoms with van der Waals surface area (Å²) in [5.74, 6) is 0.0772. The van der Waals surface area contributed by atoms with Gasteiger partial charge in [0.15, 0.2) is 0 Å². The average Bonchev–Trinajstić information content (AvgIpc) is 2.95. The molecule has 0 aromatic heterocycles. The highest BCUT2D eigenvalue weighted by atomic mass is 35.5. The van der Waals surface area contributed by atoms with Crippen LogP contribution >= 0.6 is 48.8 Å². The number of rotatable bonds is 9. The first kappa shape index (κ1) is 36.9. The number of para-hydroxylation sites is 2. The molecule has 43 heavy (non-hydrogen) atoms. The summed E-state index contributed by atoms with van der Waals surface area (Å²) in [5, 5.41) is 7.86. The average molecular weight is 692 g/mol. The maximum absolute atomic E-state index is 13.8. The number of amides is 1. The zero-order valence-corrected chi connectivity index (χ0v) is 27.9. The van der Waals surface area contributed by atoms with Crippen molar-refractivity contribution in [3.05, 3.63) is 94.5 Å². The second kappa shape index (κ2) is 16.7. The predicted molar refractivity (Wildman–Crippen MR) is 183 cm³/mol. The highest BCUT2D eigenvalue weighted by molar-refractivity contribution is 7.92. The number of piperazine rings is 1. The van der Waals surface area contributed by atoms with Crippen LogP contribution in [0.15, 0.2) is 72.8 Å². The van der Waals surface area contributed by atoms with Gasteiger partial charge in [0, 0.05) is 50.3 Å². The van der Waals surface area contributed by atoms with Gasteiger partial charge in [-0.3, -0.25) is 9.52 Å². The molecule has 1 fully saturated rings. The van der Waals surface area contributed by atoms with Crippen LogP contribution in [0.5, 0.6) is 0 Å². The maximum Gasteiger partial charge on any atom is 0.240 e. The lowest BCUT2D eigenvalue weighted by Gasteiger charge is -2.38. The number of nitrogens with one attached hydrogen (secondary N) is 3. The minimum atomic E-state index is -3.40. The molecule has 3 N–H and O–H groups in total. The minimum Gasteiger partial charge on any atom is -0.366 e. The summed E-state index contributed by atoms with van der Waals surface area (Å²) < 4.78 is 26.3. The van der Waals surface area contributed by atoms with E-state index < -0.39 is 10.0 Å². The summed E-state index contributed by atoms with van der Waals surface area (Å²) in [4.78, 5) is 17.9. The summed E-state index contributed by atoms with van der Waals surface area (Å²) in [6.45, 7) is 3.85. The SMILES string of the molecule is CS(=O)(=O)Nc1ccccc1N1CCN(C(=O)[C@@H](Cc2ccc(Cl)cc2)NC[C@H]2Cc3ccccc3CN2)CC1.Cl.Cl.Cl. The fourth-order valence-electron chi connectivity index (χ4n) is 5.48. The Labute approximate surface area is 278 Å². The van der Waals surface area contributed by atoms with Crippen molar-refractivity contribution in [2.45, 2.75) is 31.5 Å². The number of nitrogens with zero attached hydrogens (tertiary/aromatic N) is 2. The van der Waals surface area contributed by atoms with Gasteiger partial charge in [-0.15, -0.1) is 37.2 Å². The van der Waals surface area contributed by atoms with E-state index in [4.69, 9.17) is 11.6 Å². The molecule has 0 radical (unpaired) electrons. The molecule has 0 saturated carbocycles. The van der Waals surface area contributed by atoms with Gasteiger partial charge in [-0.2, -0.15) is 0 Å². The maximum atomic E-state index is 13.8. The van der Waals surface area contributed by atoms with E-state index in [1.54, 1.807) is 6.07 Å². The highest BCUT2D eigenvalue weighted by Gasteiger charge is 2.29. The fraction of sp³-hybridized carbons (Fsp3) is 0.367. The Balaban J connectivity index is 0.00000215. The summed E-state index contributed by atoms with van der Waals surface area (Å²) in [6, 6.07) is 23.4. The van der Waals surface area contributed by atoms with Gasteiger partial charge in [0.2, 0.25) is 15.9 Å². The van der Waals surface area contributed by atoms with Gasteiger partial charge in [0.25, 0.3) is 0 Å². The molecule has 0 aliphatic carbocycles. The second-order valence-corrected chi connectivity index (χ2v) is 12.7. The molecule has 8 nitrogen and oxygen atoms in total. The van der Waals surface area contributed by atoms with Crippen molar-refractivity contribution in [3.63, 3.8) is 0 Å². The lowest BCUT2D eigenvalue weighted by molar-refractivity contribution is -0.133. The van der Waals surface area contributed by atoms with E-state index in [9.17, 15) is 13.2 Å². The lowest BCUT2D eigenvalue weighted by Crippen LogP contribution is -2.56. The summed E-state index contributed by atoms with van der Waals surface area (Å²) in [7, 11) is -3.40. The quantitative estimate of drug-likeness (QED) is 0.306. The smallest absolute Gasteiger partial charge is 0.240 e. The fourth-order valence-corrected chi connectivity index (χ4v) is 6.17. The van der Waals surface area contributed by atoms with Crippen molar-refractivity contribution >= 4 is 76.1 Å². The number of sulfonamides is 1. The van der Waals surface area contributed by atoms with Gasteiger partial charge in [-0.25, -0.2) is 8.42 Å². The number of halogens is 4. The number of carbonyl (C=O) groups is 1.